The number of rotatable bonds is 7. The molecule has 7 heteroatoms. The van der Waals surface area contributed by atoms with Crippen LogP contribution in [0.4, 0.5) is 11.4 Å². The summed E-state index contributed by atoms with van der Waals surface area (Å²) in [5, 5.41) is 3.61. The molecule has 1 aromatic heterocycles. The Balaban J connectivity index is 1.68. The van der Waals surface area contributed by atoms with Crippen molar-refractivity contribution in [3.8, 4) is 0 Å². The van der Waals surface area contributed by atoms with E-state index in [2.05, 4.69) is 33.5 Å². The number of likely N-dealkylation sites (N-methyl/N-ethyl adjacent to an activating group) is 1. The van der Waals surface area contributed by atoms with Gasteiger partial charge in [0.05, 0.1) is 29.8 Å². The number of nitrogens with one attached hydrogen (secondary N) is 1. The summed E-state index contributed by atoms with van der Waals surface area (Å²) in [4.78, 5) is 19.2. The molecule has 1 aliphatic heterocycles. The molecule has 0 spiro atoms. The number of carbonyl (C=O) groups excluding carboxylic acids is 1. The van der Waals surface area contributed by atoms with Gasteiger partial charge in [-0.3, -0.25) is 9.78 Å². The van der Waals surface area contributed by atoms with E-state index in [-0.39, 0.29) is 5.91 Å². The maximum absolute atomic E-state index is 12.7. The van der Waals surface area contributed by atoms with Crippen LogP contribution in [0.25, 0.3) is 0 Å². The van der Waals surface area contributed by atoms with E-state index in [0.29, 0.717) is 22.3 Å². The molecule has 3 rings (SSSR count). The maximum atomic E-state index is 12.7. The lowest BCUT2D eigenvalue weighted by Gasteiger charge is -2.43. The van der Waals surface area contributed by atoms with Gasteiger partial charge in [-0.25, -0.2) is 4.31 Å². The topological polar surface area (TPSA) is 48.5 Å². The van der Waals surface area contributed by atoms with Crippen molar-refractivity contribution in [3.05, 3.63) is 52.8 Å². The fraction of sp³-hybridized carbons (Fsp3) is 0.400. The highest BCUT2D eigenvalue weighted by Gasteiger charge is 2.30. The summed E-state index contributed by atoms with van der Waals surface area (Å²) in [6, 6.07) is 7.81. The highest BCUT2D eigenvalue weighted by molar-refractivity contribution is 7.97. The fourth-order valence-electron chi connectivity index (χ4n) is 3.12. The second-order valence-electron chi connectivity index (χ2n) is 6.57. The monoisotopic (exact) mass is 404 g/mol. The van der Waals surface area contributed by atoms with Crippen molar-refractivity contribution in [1.29, 1.82) is 0 Å². The SMILES string of the molecule is CCSN1CC(N(C)c2cncc(NC(=O)c3ccc(Cl)cc3CC)c2)C1. The lowest BCUT2D eigenvalue weighted by atomic mass is 10.0. The molecule has 0 aliphatic carbocycles. The van der Waals surface area contributed by atoms with E-state index in [9.17, 15) is 4.79 Å². The summed E-state index contributed by atoms with van der Waals surface area (Å²) in [6.45, 7) is 6.26. The van der Waals surface area contributed by atoms with Gasteiger partial charge in [0.15, 0.2) is 0 Å². The Morgan fingerprint density at radius 1 is 1.33 bits per heavy atom. The summed E-state index contributed by atoms with van der Waals surface area (Å²) in [5.74, 6) is 0.962. The number of nitrogens with zero attached hydrogens (tertiary/aromatic N) is 3. The van der Waals surface area contributed by atoms with Crippen LogP contribution in [0.3, 0.4) is 0 Å². The molecule has 0 atom stereocenters. The number of pyridine rings is 1. The third-order valence-electron chi connectivity index (χ3n) is 4.77. The van der Waals surface area contributed by atoms with Crippen LogP contribution in [0.5, 0.6) is 0 Å². The molecule has 1 amide bonds. The molecule has 2 aromatic rings. The molecular weight excluding hydrogens is 380 g/mol. The van der Waals surface area contributed by atoms with Gasteiger partial charge in [-0.15, -0.1) is 0 Å². The van der Waals surface area contributed by atoms with E-state index in [1.165, 1.54) is 0 Å². The van der Waals surface area contributed by atoms with Gasteiger partial charge in [0, 0.05) is 36.5 Å². The van der Waals surface area contributed by atoms with Crippen LogP contribution in [0.2, 0.25) is 5.02 Å². The zero-order chi connectivity index (χ0) is 19.4. The van der Waals surface area contributed by atoms with Gasteiger partial charge in [-0.1, -0.05) is 37.4 Å². The number of amides is 1. The third kappa shape index (κ3) is 4.75. The van der Waals surface area contributed by atoms with Crippen molar-refractivity contribution >= 4 is 40.8 Å². The molecule has 27 heavy (non-hydrogen) atoms. The summed E-state index contributed by atoms with van der Waals surface area (Å²) in [6.07, 6.45) is 4.26. The lowest BCUT2D eigenvalue weighted by molar-refractivity contribution is 0.102. The number of aromatic nitrogens is 1. The molecule has 1 aliphatic rings. The Morgan fingerprint density at radius 2 is 2.11 bits per heavy atom. The molecule has 5 nitrogen and oxygen atoms in total. The quantitative estimate of drug-likeness (QED) is 0.695. The highest BCUT2D eigenvalue weighted by Crippen LogP contribution is 2.27. The number of anilines is 2. The molecule has 1 fully saturated rings. The van der Waals surface area contributed by atoms with Crippen molar-refractivity contribution in [1.82, 2.24) is 9.29 Å². The predicted octanol–water partition coefficient (Wildman–Crippen LogP) is 4.34. The summed E-state index contributed by atoms with van der Waals surface area (Å²) in [7, 11) is 2.08. The van der Waals surface area contributed by atoms with Gasteiger partial charge in [0.1, 0.15) is 0 Å². The van der Waals surface area contributed by atoms with Crippen molar-refractivity contribution in [2.24, 2.45) is 0 Å². The van der Waals surface area contributed by atoms with Gasteiger partial charge in [-0.2, -0.15) is 0 Å². The van der Waals surface area contributed by atoms with Gasteiger partial charge in [-0.05, 0) is 36.2 Å². The van der Waals surface area contributed by atoms with Crippen molar-refractivity contribution in [2.45, 2.75) is 26.3 Å². The highest BCUT2D eigenvalue weighted by atomic mass is 35.5. The maximum Gasteiger partial charge on any atom is 0.255 e. The third-order valence-corrected chi connectivity index (χ3v) is 5.93. The number of hydrogen-bond donors (Lipinski definition) is 1. The number of aryl methyl sites for hydroxylation is 1. The van der Waals surface area contributed by atoms with Crippen LogP contribution in [0.15, 0.2) is 36.7 Å². The summed E-state index contributed by atoms with van der Waals surface area (Å²) >= 11 is 7.92. The number of benzene rings is 1. The number of carbonyl (C=O) groups is 1. The first-order valence-corrected chi connectivity index (χ1v) is 10.5. The zero-order valence-electron chi connectivity index (χ0n) is 15.9. The average Bonchev–Trinajstić information content (AvgIpc) is 2.63. The first-order valence-electron chi connectivity index (χ1n) is 9.17. The Kier molecular flexibility index (Phi) is 6.63. The Labute approximate surface area is 170 Å². The van der Waals surface area contributed by atoms with Crippen molar-refractivity contribution in [3.63, 3.8) is 0 Å². The fourth-order valence-corrected chi connectivity index (χ4v) is 4.24. The standard InChI is InChI=1S/C20H25ClN4OS/c1-4-14-8-15(21)6-7-19(14)20(26)23-16-9-17(11-22-10-16)24(3)18-12-25(13-18)27-5-2/h6-11,18H,4-5,12-13H2,1-3H3,(H,23,26). The van der Waals surface area contributed by atoms with Crippen LogP contribution in [-0.2, 0) is 6.42 Å². The van der Waals surface area contributed by atoms with Gasteiger partial charge >= 0.3 is 0 Å². The molecule has 0 radical (unpaired) electrons. The van der Waals surface area contributed by atoms with E-state index < -0.39 is 0 Å². The first-order chi connectivity index (χ1) is 13.0. The van der Waals surface area contributed by atoms with Crippen LogP contribution in [0, 0.1) is 0 Å². The largest absolute Gasteiger partial charge is 0.368 e. The Hall–Kier alpha value is -1.76. The molecule has 1 aromatic carbocycles. The van der Waals surface area contributed by atoms with Crippen LogP contribution >= 0.6 is 23.5 Å². The lowest BCUT2D eigenvalue weighted by Crippen LogP contribution is -2.55. The second kappa shape index (κ2) is 8.95. The molecule has 0 bridgehead atoms. The first kappa shape index (κ1) is 20.0. The minimum atomic E-state index is -0.140. The summed E-state index contributed by atoms with van der Waals surface area (Å²) in [5.41, 5.74) is 3.28. The minimum Gasteiger partial charge on any atom is -0.368 e. The van der Waals surface area contributed by atoms with Gasteiger partial charge in [0.2, 0.25) is 0 Å². The van der Waals surface area contributed by atoms with E-state index in [1.54, 1.807) is 18.3 Å². The molecule has 0 saturated carbocycles. The van der Waals surface area contributed by atoms with E-state index in [4.69, 9.17) is 11.6 Å². The van der Waals surface area contributed by atoms with Gasteiger partial charge in [0.25, 0.3) is 5.91 Å². The van der Waals surface area contributed by atoms with Crippen LogP contribution in [0.1, 0.15) is 29.8 Å². The second-order valence-corrected chi connectivity index (χ2v) is 8.36. The van der Waals surface area contributed by atoms with Crippen LogP contribution < -0.4 is 10.2 Å². The average molecular weight is 405 g/mol. The normalized spacial score (nSPS) is 14.7. The molecule has 2 heterocycles. The Bertz CT molecular complexity index is 810. The van der Waals surface area contributed by atoms with Gasteiger partial charge < -0.3 is 10.2 Å². The molecule has 144 valence electrons. The predicted molar refractivity (Wildman–Crippen MR) is 115 cm³/mol. The summed E-state index contributed by atoms with van der Waals surface area (Å²) < 4.78 is 2.37. The minimum absolute atomic E-state index is 0.140. The van der Waals surface area contributed by atoms with Crippen molar-refractivity contribution < 1.29 is 4.79 Å². The Morgan fingerprint density at radius 3 is 2.81 bits per heavy atom. The molecule has 1 saturated heterocycles. The smallest absolute Gasteiger partial charge is 0.255 e. The van der Waals surface area contributed by atoms with E-state index >= 15 is 0 Å². The zero-order valence-corrected chi connectivity index (χ0v) is 17.5. The number of halogens is 1. The molecular formula is C20H25ClN4OS. The van der Waals surface area contributed by atoms with E-state index in [0.717, 1.165) is 36.5 Å². The van der Waals surface area contributed by atoms with Crippen LogP contribution in [-0.4, -0.2) is 47.1 Å². The van der Waals surface area contributed by atoms with Crippen molar-refractivity contribution in [2.75, 3.05) is 36.1 Å². The molecule has 0 unspecified atom stereocenters. The number of hydrogen-bond acceptors (Lipinski definition) is 5. The van der Waals surface area contributed by atoms with E-state index in [1.807, 2.05) is 37.2 Å². The molecule has 1 N–H and O–H groups in total.